The van der Waals surface area contributed by atoms with E-state index in [0.29, 0.717) is 24.1 Å². The van der Waals surface area contributed by atoms with Crippen molar-refractivity contribution in [2.24, 2.45) is 0 Å². The fraction of sp³-hybridized carbons (Fsp3) is 0.385. The van der Waals surface area contributed by atoms with Crippen LogP contribution in [0.25, 0.3) is 16.3 Å². The zero-order valence-electron chi connectivity index (χ0n) is 19.5. The van der Waals surface area contributed by atoms with Gasteiger partial charge in [-0.3, -0.25) is 10.1 Å². The predicted molar refractivity (Wildman–Crippen MR) is 134 cm³/mol. The molecule has 0 radical (unpaired) electrons. The summed E-state index contributed by atoms with van der Waals surface area (Å²) in [7, 11) is 0. The van der Waals surface area contributed by atoms with Crippen molar-refractivity contribution in [3.63, 3.8) is 0 Å². The highest BCUT2D eigenvalue weighted by molar-refractivity contribution is 7.22. The Bertz CT molecular complexity index is 1100. The van der Waals surface area contributed by atoms with E-state index in [1.54, 1.807) is 6.08 Å². The van der Waals surface area contributed by atoms with E-state index >= 15 is 0 Å². The molecule has 1 amide bonds. The summed E-state index contributed by atoms with van der Waals surface area (Å²) in [5, 5.41) is 3.46. The quantitative estimate of drug-likeness (QED) is 0.286. The zero-order valence-corrected chi connectivity index (χ0v) is 20.3. The maximum atomic E-state index is 12.5. The van der Waals surface area contributed by atoms with Gasteiger partial charge in [0.25, 0.3) is 0 Å². The summed E-state index contributed by atoms with van der Waals surface area (Å²) < 4.78 is 12.6. The van der Waals surface area contributed by atoms with Gasteiger partial charge in [-0.05, 0) is 60.2 Å². The highest BCUT2D eigenvalue weighted by atomic mass is 32.1. The van der Waals surface area contributed by atoms with Crippen molar-refractivity contribution >= 4 is 38.7 Å². The van der Waals surface area contributed by atoms with Gasteiger partial charge in [0, 0.05) is 6.08 Å². The number of carbonyl (C=O) groups is 1. The number of unbranched alkanes of at least 4 members (excludes halogenated alkanes) is 1. The number of nitrogens with zero attached hydrogens (tertiary/aromatic N) is 1. The minimum absolute atomic E-state index is 0.0707. The van der Waals surface area contributed by atoms with Gasteiger partial charge in [0.05, 0.1) is 23.4 Å². The summed E-state index contributed by atoms with van der Waals surface area (Å²) in [5.74, 6) is 1.19. The lowest BCUT2D eigenvalue weighted by Crippen LogP contribution is -2.10. The third kappa shape index (κ3) is 6.33. The average Bonchev–Trinajstić information content (AvgIpc) is 3.14. The number of ether oxygens (including phenoxy) is 2. The molecule has 0 bridgehead atoms. The van der Waals surface area contributed by atoms with Crippen molar-refractivity contribution in [2.45, 2.75) is 52.9 Å². The lowest BCUT2D eigenvalue weighted by Gasteiger charge is -2.18. The summed E-state index contributed by atoms with van der Waals surface area (Å²) >= 11 is 1.48. The molecular weight excluding hydrogens is 420 g/mol. The first-order chi connectivity index (χ1) is 15.3. The van der Waals surface area contributed by atoms with E-state index in [4.69, 9.17) is 9.47 Å². The summed E-state index contributed by atoms with van der Waals surface area (Å²) in [6.45, 7) is 11.8. The Morgan fingerprint density at radius 2 is 1.91 bits per heavy atom. The molecule has 0 fully saturated rings. The average molecular weight is 453 g/mol. The molecule has 0 saturated carbocycles. The molecule has 32 heavy (non-hydrogen) atoms. The van der Waals surface area contributed by atoms with Gasteiger partial charge in [0.2, 0.25) is 5.91 Å². The van der Waals surface area contributed by atoms with Gasteiger partial charge in [0.1, 0.15) is 0 Å². The molecule has 3 aromatic rings. The first-order valence-corrected chi connectivity index (χ1v) is 11.9. The molecule has 0 spiro atoms. The van der Waals surface area contributed by atoms with E-state index in [-0.39, 0.29) is 11.3 Å². The Kier molecular flexibility index (Phi) is 7.91. The van der Waals surface area contributed by atoms with Gasteiger partial charge in [0.15, 0.2) is 16.6 Å². The summed E-state index contributed by atoms with van der Waals surface area (Å²) in [4.78, 5) is 17.0. The number of amides is 1. The molecule has 0 aliphatic heterocycles. The first-order valence-electron chi connectivity index (χ1n) is 11.1. The number of anilines is 1. The SMILES string of the molecule is CCCCOc1ccc(/C=C/C(=O)Nc2nc3ccc(C(C)(C)C)cc3s2)cc1OCC. The van der Waals surface area contributed by atoms with Crippen LogP contribution in [0, 0.1) is 0 Å². The van der Waals surface area contributed by atoms with Crippen LogP contribution in [-0.2, 0) is 10.2 Å². The third-order valence-electron chi connectivity index (χ3n) is 4.93. The summed E-state index contributed by atoms with van der Waals surface area (Å²) in [6.07, 6.45) is 5.34. The number of hydrogen-bond acceptors (Lipinski definition) is 5. The van der Waals surface area contributed by atoms with E-state index in [1.807, 2.05) is 31.2 Å². The molecule has 1 aromatic heterocycles. The number of benzene rings is 2. The molecule has 1 heterocycles. The van der Waals surface area contributed by atoms with E-state index < -0.39 is 0 Å². The molecule has 0 unspecified atom stereocenters. The summed E-state index contributed by atoms with van der Waals surface area (Å²) in [6, 6.07) is 12.0. The lowest BCUT2D eigenvalue weighted by atomic mass is 9.87. The molecule has 6 heteroatoms. The second-order valence-electron chi connectivity index (χ2n) is 8.62. The van der Waals surface area contributed by atoms with Crippen LogP contribution in [0.3, 0.4) is 0 Å². The normalized spacial score (nSPS) is 11.8. The van der Waals surface area contributed by atoms with Gasteiger partial charge >= 0.3 is 0 Å². The van der Waals surface area contributed by atoms with Crippen molar-refractivity contribution in [1.82, 2.24) is 4.98 Å². The maximum Gasteiger partial charge on any atom is 0.250 e. The van der Waals surface area contributed by atoms with E-state index in [0.717, 1.165) is 34.4 Å². The van der Waals surface area contributed by atoms with Crippen LogP contribution in [-0.4, -0.2) is 24.1 Å². The molecular formula is C26H32N2O3S. The van der Waals surface area contributed by atoms with Crippen LogP contribution in [0.4, 0.5) is 5.13 Å². The maximum absolute atomic E-state index is 12.5. The molecule has 0 aliphatic carbocycles. The van der Waals surface area contributed by atoms with E-state index in [2.05, 4.69) is 50.1 Å². The van der Waals surface area contributed by atoms with E-state index in [9.17, 15) is 4.79 Å². The Labute approximate surface area is 194 Å². The third-order valence-corrected chi connectivity index (χ3v) is 5.87. The van der Waals surface area contributed by atoms with Gasteiger partial charge in [-0.2, -0.15) is 0 Å². The van der Waals surface area contributed by atoms with Crippen LogP contribution >= 0.6 is 11.3 Å². The summed E-state index contributed by atoms with van der Waals surface area (Å²) in [5.41, 5.74) is 3.08. The number of fused-ring (bicyclic) bond motifs is 1. The van der Waals surface area contributed by atoms with Crippen LogP contribution in [0.15, 0.2) is 42.5 Å². The molecule has 1 N–H and O–H groups in total. The predicted octanol–water partition coefficient (Wildman–Crippen LogP) is 6.82. The topological polar surface area (TPSA) is 60.5 Å². The second kappa shape index (κ2) is 10.6. The smallest absolute Gasteiger partial charge is 0.250 e. The highest BCUT2D eigenvalue weighted by Gasteiger charge is 2.15. The Morgan fingerprint density at radius 1 is 1.09 bits per heavy atom. The van der Waals surface area contributed by atoms with Crippen LogP contribution in [0.1, 0.15) is 58.6 Å². The largest absolute Gasteiger partial charge is 0.490 e. The first kappa shape index (κ1) is 23.8. The number of nitrogens with one attached hydrogen (secondary N) is 1. The van der Waals surface area contributed by atoms with Crippen molar-refractivity contribution in [3.05, 3.63) is 53.6 Å². The standard InChI is InChI=1S/C26H32N2O3S/c1-6-8-15-31-21-13-9-18(16-22(21)30-7-2)10-14-24(29)28-25-27-20-12-11-19(26(3,4)5)17-23(20)32-25/h9-14,16-17H,6-8,15H2,1-5H3,(H,27,28,29)/b14-10+. The molecule has 3 rings (SSSR count). The number of carbonyl (C=O) groups excluding carboxylic acids is 1. The van der Waals surface area contributed by atoms with Gasteiger partial charge in [-0.1, -0.05) is 57.6 Å². The number of aromatic nitrogens is 1. The fourth-order valence-electron chi connectivity index (χ4n) is 3.11. The number of rotatable bonds is 9. The molecule has 5 nitrogen and oxygen atoms in total. The van der Waals surface area contributed by atoms with Crippen molar-refractivity contribution in [3.8, 4) is 11.5 Å². The zero-order chi connectivity index (χ0) is 23.1. The van der Waals surface area contributed by atoms with Crippen molar-refractivity contribution < 1.29 is 14.3 Å². The molecule has 0 aliphatic rings. The second-order valence-corrected chi connectivity index (χ2v) is 9.65. The fourth-order valence-corrected chi connectivity index (χ4v) is 4.01. The van der Waals surface area contributed by atoms with Crippen LogP contribution < -0.4 is 14.8 Å². The van der Waals surface area contributed by atoms with Crippen LogP contribution in [0.5, 0.6) is 11.5 Å². The Hall–Kier alpha value is -2.86. The van der Waals surface area contributed by atoms with Gasteiger partial charge in [-0.25, -0.2) is 4.98 Å². The lowest BCUT2D eigenvalue weighted by molar-refractivity contribution is -0.111. The van der Waals surface area contributed by atoms with Crippen molar-refractivity contribution in [1.29, 1.82) is 0 Å². The van der Waals surface area contributed by atoms with E-state index in [1.165, 1.54) is 23.0 Å². The highest BCUT2D eigenvalue weighted by Crippen LogP contribution is 2.32. The van der Waals surface area contributed by atoms with Crippen molar-refractivity contribution in [2.75, 3.05) is 18.5 Å². The molecule has 2 aromatic carbocycles. The Morgan fingerprint density at radius 3 is 2.62 bits per heavy atom. The van der Waals surface area contributed by atoms with Gasteiger partial charge in [-0.15, -0.1) is 0 Å². The van der Waals surface area contributed by atoms with Gasteiger partial charge < -0.3 is 9.47 Å². The minimum atomic E-state index is -0.221. The molecule has 0 atom stereocenters. The van der Waals surface area contributed by atoms with Crippen LogP contribution in [0.2, 0.25) is 0 Å². The minimum Gasteiger partial charge on any atom is -0.490 e. The number of hydrogen-bond donors (Lipinski definition) is 1. The Balaban J connectivity index is 1.68. The molecule has 170 valence electrons. The number of thiazole rings is 1. The molecule has 0 saturated heterocycles. The monoisotopic (exact) mass is 452 g/mol.